The number of benzene rings is 1. The van der Waals surface area contributed by atoms with Gasteiger partial charge in [0.2, 0.25) is 11.7 Å². The molecule has 2 aromatic rings. The highest BCUT2D eigenvalue weighted by atomic mass is 127. The van der Waals surface area contributed by atoms with Crippen LogP contribution < -0.4 is 0 Å². The fourth-order valence-electron chi connectivity index (χ4n) is 1.81. The predicted octanol–water partition coefficient (Wildman–Crippen LogP) is 3.99. The van der Waals surface area contributed by atoms with Gasteiger partial charge in [-0.2, -0.15) is 4.98 Å². The van der Waals surface area contributed by atoms with Gasteiger partial charge in [0.25, 0.3) is 0 Å². The number of aromatic nitrogens is 2. The van der Waals surface area contributed by atoms with Gasteiger partial charge < -0.3 is 9.32 Å². The highest BCUT2D eigenvalue weighted by molar-refractivity contribution is 14.1. The lowest BCUT2D eigenvalue weighted by atomic mass is 9.87. The van der Waals surface area contributed by atoms with E-state index in [1.54, 1.807) is 6.92 Å². The minimum absolute atomic E-state index is 0.176. The number of hydrogen-bond donors (Lipinski definition) is 0. The molecular weight excluding hydrogens is 367 g/mol. The fourth-order valence-corrected chi connectivity index (χ4v) is 2.17. The fraction of sp³-hybridized carbons (Fsp3) is 0.400. The first-order valence-electron chi connectivity index (χ1n) is 6.48. The summed E-state index contributed by atoms with van der Waals surface area (Å²) in [6.45, 7) is 5.63. The normalized spacial score (nSPS) is 11.6. The lowest BCUT2D eigenvalue weighted by Crippen LogP contribution is -2.18. The van der Waals surface area contributed by atoms with E-state index >= 15 is 0 Å². The number of carbonyl (C=O) groups is 1. The maximum absolute atomic E-state index is 11.1. The standard InChI is InChI=1S/C15H17IN2O2/c1-10(19)8-9-15(2,3)14-17-13(18-20-14)11-4-6-12(16)7-5-11/h4-7H,8-9H2,1-3H3. The summed E-state index contributed by atoms with van der Waals surface area (Å²) in [6, 6.07) is 7.96. The van der Waals surface area contributed by atoms with Crippen LogP contribution in [0.4, 0.5) is 0 Å². The summed E-state index contributed by atoms with van der Waals surface area (Å²) in [5.74, 6) is 1.34. The molecule has 0 unspecified atom stereocenters. The second-order valence-corrected chi connectivity index (χ2v) is 6.76. The SMILES string of the molecule is CC(=O)CCC(C)(C)c1nc(-c2ccc(I)cc2)no1. The largest absolute Gasteiger partial charge is 0.338 e. The third-order valence-electron chi connectivity index (χ3n) is 3.21. The molecule has 0 saturated carbocycles. The second kappa shape index (κ2) is 6.03. The van der Waals surface area contributed by atoms with Gasteiger partial charge in [-0.15, -0.1) is 0 Å². The molecule has 0 aliphatic rings. The Bertz CT molecular complexity index is 603. The van der Waals surface area contributed by atoms with E-state index in [1.807, 2.05) is 38.1 Å². The molecule has 0 atom stereocenters. The molecule has 0 aliphatic heterocycles. The number of rotatable bonds is 5. The van der Waals surface area contributed by atoms with E-state index in [0.29, 0.717) is 24.6 Å². The first kappa shape index (κ1) is 15.2. The van der Waals surface area contributed by atoms with Crippen molar-refractivity contribution in [1.82, 2.24) is 10.1 Å². The Labute approximate surface area is 132 Å². The van der Waals surface area contributed by atoms with Gasteiger partial charge in [0, 0.05) is 21.0 Å². The molecule has 4 nitrogen and oxygen atoms in total. The van der Waals surface area contributed by atoms with E-state index in [0.717, 1.165) is 9.13 Å². The third kappa shape index (κ3) is 3.65. The smallest absolute Gasteiger partial charge is 0.232 e. The summed E-state index contributed by atoms with van der Waals surface area (Å²) in [5.41, 5.74) is 0.642. The summed E-state index contributed by atoms with van der Waals surface area (Å²) in [6.07, 6.45) is 1.23. The van der Waals surface area contributed by atoms with Crippen molar-refractivity contribution in [2.75, 3.05) is 0 Å². The van der Waals surface area contributed by atoms with Crippen molar-refractivity contribution >= 4 is 28.4 Å². The van der Waals surface area contributed by atoms with E-state index in [-0.39, 0.29) is 11.2 Å². The molecule has 2 rings (SSSR count). The average Bonchev–Trinajstić information content (AvgIpc) is 2.88. The Kier molecular flexibility index (Phi) is 4.57. The van der Waals surface area contributed by atoms with Crippen molar-refractivity contribution in [3.63, 3.8) is 0 Å². The van der Waals surface area contributed by atoms with Crippen molar-refractivity contribution in [2.45, 2.75) is 39.0 Å². The van der Waals surface area contributed by atoms with Crippen LogP contribution >= 0.6 is 22.6 Å². The Morgan fingerprint density at radius 1 is 1.30 bits per heavy atom. The van der Waals surface area contributed by atoms with Crippen LogP contribution in [0.15, 0.2) is 28.8 Å². The van der Waals surface area contributed by atoms with Crippen LogP contribution in [0.2, 0.25) is 0 Å². The van der Waals surface area contributed by atoms with Crippen molar-refractivity contribution in [1.29, 1.82) is 0 Å². The molecule has 106 valence electrons. The molecule has 1 aromatic carbocycles. The van der Waals surface area contributed by atoms with Crippen LogP contribution in [0.25, 0.3) is 11.4 Å². The first-order valence-corrected chi connectivity index (χ1v) is 7.56. The molecular formula is C15H17IN2O2. The number of Topliss-reactive ketones (excluding diaryl/α,β-unsaturated/α-hetero) is 1. The molecule has 0 aliphatic carbocycles. The highest BCUT2D eigenvalue weighted by Gasteiger charge is 2.28. The molecule has 0 radical (unpaired) electrons. The summed E-state index contributed by atoms with van der Waals surface area (Å²) in [5, 5.41) is 4.04. The van der Waals surface area contributed by atoms with Crippen molar-refractivity contribution < 1.29 is 9.32 Å². The quantitative estimate of drug-likeness (QED) is 0.732. The monoisotopic (exact) mass is 384 g/mol. The van der Waals surface area contributed by atoms with Crippen LogP contribution in [-0.4, -0.2) is 15.9 Å². The molecule has 0 bridgehead atoms. The lowest BCUT2D eigenvalue weighted by molar-refractivity contribution is -0.117. The minimum atomic E-state index is -0.292. The van der Waals surface area contributed by atoms with Crippen LogP contribution in [-0.2, 0) is 10.2 Å². The molecule has 1 heterocycles. The maximum atomic E-state index is 11.1. The molecule has 0 saturated heterocycles. The summed E-state index contributed by atoms with van der Waals surface area (Å²) < 4.78 is 6.54. The van der Waals surface area contributed by atoms with Gasteiger partial charge in [0.05, 0.1) is 0 Å². The van der Waals surface area contributed by atoms with Crippen LogP contribution in [0, 0.1) is 3.57 Å². The lowest BCUT2D eigenvalue weighted by Gasteiger charge is -2.18. The second-order valence-electron chi connectivity index (χ2n) is 5.52. The molecule has 0 fully saturated rings. The Morgan fingerprint density at radius 2 is 1.95 bits per heavy atom. The average molecular weight is 384 g/mol. The number of nitrogens with zero attached hydrogens (tertiary/aromatic N) is 2. The van der Waals surface area contributed by atoms with Crippen molar-refractivity contribution in [3.05, 3.63) is 33.7 Å². The highest BCUT2D eigenvalue weighted by Crippen LogP contribution is 2.29. The zero-order valence-electron chi connectivity index (χ0n) is 11.8. The Balaban J connectivity index is 2.19. The summed E-state index contributed by atoms with van der Waals surface area (Å²) >= 11 is 2.25. The molecule has 5 heteroatoms. The third-order valence-corrected chi connectivity index (χ3v) is 3.93. The Morgan fingerprint density at radius 3 is 2.55 bits per heavy atom. The van der Waals surface area contributed by atoms with Gasteiger partial charge in [0.1, 0.15) is 5.78 Å². The number of hydrogen-bond acceptors (Lipinski definition) is 4. The summed E-state index contributed by atoms with van der Waals surface area (Å²) in [4.78, 5) is 15.6. The molecule has 0 N–H and O–H groups in total. The van der Waals surface area contributed by atoms with Crippen LogP contribution in [0.5, 0.6) is 0 Å². The van der Waals surface area contributed by atoms with Gasteiger partial charge in [-0.3, -0.25) is 0 Å². The number of carbonyl (C=O) groups excluding carboxylic acids is 1. The summed E-state index contributed by atoms with van der Waals surface area (Å²) in [7, 11) is 0. The van der Waals surface area contributed by atoms with Gasteiger partial charge in [-0.05, 0) is 48.1 Å². The van der Waals surface area contributed by atoms with Crippen molar-refractivity contribution in [3.8, 4) is 11.4 Å². The van der Waals surface area contributed by atoms with E-state index in [1.165, 1.54) is 0 Å². The zero-order valence-corrected chi connectivity index (χ0v) is 14.0. The zero-order chi connectivity index (χ0) is 14.8. The van der Waals surface area contributed by atoms with E-state index < -0.39 is 0 Å². The molecule has 20 heavy (non-hydrogen) atoms. The van der Waals surface area contributed by atoms with Crippen molar-refractivity contribution in [2.24, 2.45) is 0 Å². The topological polar surface area (TPSA) is 56.0 Å². The van der Waals surface area contributed by atoms with Crippen LogP contribution in [0.3, 0.4) is 0 Å². The Hall–Kier alpha value is -1.24. The number of halogens is 1. The van der Waals surface area contributed by atoms with Gasteiger partial charge in [0.15, 0.2) is 0 Å². The van der Waals surface area contributed by atoms with Crippen LogP contribution in [0.1, 0.15) is 39.5 Å². The molecule has 0 spiro atoms. The maximum Gasteiger partial charge on any atom is 0.232 e. The van der Waals surface area contributed by atoms with Gasteiger partial charge >= 0.3 is 0 Å². The molecule has 0 amide bonds. The van der Waals surface area contributed by atoms with E-state index in [4.69, 9.17) is 4.52 Å². The molecule has 1 aromatic heterocycles. The number of ketones is 1. The van der Waals surface area contributed by atoms with E-state index in [2.05, 4.69) is 32.7 Å². The van der Waals surface area contributed by atoms with E-state index in [9.17, 15) is 4.79 Å². The minimum Gasteiger partial charge on any atom is -0.338 e. The van der Waals surface area contributed by atoms with Gasteiger partial charge in [-0.25, -0.2) is 0 Å². The first-order chi connectivity index (χ1) is 9.38. The van der Waals surface area contributed by atoms with Gasteiger partial charge in [-0.1, -0.05) is 31.1 Å². The predicted molar refractivity (Wildman–Crippen MR) is 85.4 cm³/mol.